The molecule has 0 spiro atoms. The highest BCUT2D eigenvalue weighted by Gasteiger charge is 2.39. The van der Waals surface area contributed by atoms with Crippen LogP contribution in [0.2, 0.25) is 0 Å². The minimum absolute atomic E-state index is 0.0749. The molecule has 1 unspecified atom stereocenters. The number of carboxylic acid groups (broad SMARTS) is 1. The maximum Gasteiger partial charge on any atom is 0.304 e. The Morgan fingerprint density at radius 3 is 2.57 bits per heavy atom. The molecule has 0 radical (unpaired) electrons. The van der Waals surface area contributed by atoms with Gasteiger partial charge in [0.1, 0.15) is 11.9 Å². The number of halogens is 1. The van der Waals surface area contributed by atoms with E-state index in [0.717, 1.165) is 0 Å². The van der Waals surface area contributed by atoms with E-state index in [-0.39, 0.29) is 37.3 Å². The molecule has 2 fully saturated rings. The molecule has 2 saturated heterocycles. The first kappa shape index (κ1) is 20.3. The molecule has 1 aromatic rings. The molecule has 3 aliphatic rings. The third-order valence-corrected chi connectivity index (χ3v) is 5.95. The number of hydrogen-bond donors (Lipinski definition) is 2. The molecule has 2 N–H and O–H groups in total. The zero-order valence-electron chi connectivity index (χ0n) is 16.4. The second-order valence-corrected chi connectivity index (χ2v) is 7.83. The van der Waals surface area contributed by atoms with Crippen molar-refractivity contribution >= 4 is 29.4 Å². The van der Waals surface area contributed by atoms with E-state index in [9.17, 15) is 23.6 Å². The van der Waals surface area contributed by atoms with Gasteiger partial charge in [0.05, 0.1) is 12.1 Å². The minimum atomic E-state index is -0.840. The van der Waals surface area contributed by atoms with Crippen LogP contribution >= 0.6 is 0 Å². The monoisotopic (exact) mass is 418 g/mol. The van der Waals surface area contributed by atoms with Crippen molar-refractivity contribution in [2.45, 2.75) is 31.8 Å². The number of piperidine rings is 1. The number of benzene rings is 1. The Kier molecular flexibility index (Phi) is 5.42. The number of nitrogens with zero attached hydrogens (tertiary/aromatic N) is 3. The van der Waals surface area contributed by atoms with Crippen molar-refractivity contribution in [3.05, 3.63) is 29.1 Å². The molecule has 0 aromatic heterocycles. The Morgan fingerprint density at radius 1 is 1.17 bits per heavy atom. The van der Waals surface area contributed by atoms with Crippen molar-refractivity contribution in [1.29, 1.82) is 0 Å². The molecule has 1 aromatic carbocycles. The maximum absolute atomic E-state index is 14.8. The molecule has 0 aliphatic carbocycles. The Balaban J connectivity index is 1.46. The average Bonchev–Trinajstić information content (AvgIpc) is 3.02. The van der Waals surface area contributed by atoms with Gasteiger partial charge in [0, 0.05) is 51.3 Å². The fraction of sp³-hybridized carbons (Fsp3) is 0.500. The number of fused-ring (bicyclic) bond motifs is 1. The summed E-state index contributed by atoms with van der Waals surface area (Å²) in [4.78, 5) is 52.3. The van der Waals surface area contributed by atoms with Crippen LogP contribution in [0.25, 0.3) is 0 Å². The third kappa shape index (κ3) is 3.87. The summed E-state index contributed by atoms with van der Waals surface area (Å²) in [6.45, 7) is 3.04. The minimum Gasteiger partial charge on any atom is -0.481 e. The van der Waals surface area contributed by atoms with Gasteiger partial charge in [-0.05, 0) is 24.1 Å². The van der Waals surface area contributed by atoms with Crippen LogP contribution in [0, 0.1) is 5.82 Å². The summed E-state index contributed by atoms with van der Waals surface area (Å²) in [7, 11) is 0. The number of nitrogens with one attached hydrogen (secondary N) is 1. The molecule has 30 heavy (non-hydrogen) atoms. The van der Waals surface area contributed by atoms with Gasteiger partial charge in [-0.1, -0.05) is 0 Å². The van der Waals surface area contributed by atoms with Crippen LogP contribution in [-0.4, -0.2) is 77.4 Å². The lowest BCUT2D eigenvalue weighted by Gasteiger charge is -2.36. The number of imide groups is 1. The van der Waals surface area contributed by atoms with E-state index >= 15 is 0 Å². The fourth-order valence-corrected chi connectivity index (χ4v) is 4.28. The van der Waals surface area contributed by atoms with Gasteiger partial charge in [-0.3, -0.25) is 29.4 Å². The highest BCUT2D eigenvalue weighted by atomic mass is 19.1. The van der Waals surface area contributed by atoms with Gasteiger partial charge in [-0.25, -0.2) is 4.39 Å². The molecule has 1 atom stereocenters. The predicted molar refractivity (Wildman–Crippen MR) is 103 cm³/mol. The van der Waals surface area contributed by atoms with Crippen LogP contribution < -0.4 is 10.2 Å². The first-order chi connectivity index (χ1) is 14.3. The summed E-state index contributed by atoms with van der Waals surface area (Å²) in [6, 6.07) is 2.17. The lowest BCUT2D eigenvalue weighted by Crippen LogP contribution is -2.52. The molecule has 3 heterocycles. The van der Waals surface area contributed by atoms with Gasteiger partial charge in [-0.15, -0.1) is 0 Å². The van der Waals surface area contributed by atoms with Gasteiger partial charge < -0.3 is 14.9 Å². The summed E-state index contributed by atoms with van der Waals surface area (Å²) in [5.74, 6) is -2.58. The SMILES string of the molecule is O=C(O)CCN1CCN(c2cc3c(cc2F)C(=O)N(C2CCC(=O)NC2=O)C3)CC1. The summed E-state index contributed by atoms with van der Waals surface area (Å²) in [6.07, 6.45) is 0.506. The van der Waals surface area contributed by atoms with Gasteiger partial charge in [0.2, 0.25) is 11.8 Å². The molecule has 160 valence electrons. The molecule has 0 saturated carbocycles. The fourth-order valence-electron chi connectivity index (χ4n) is 4.28. The smallest absolute Gasteiger partial charge is 0.304 e. The molecule has 9 nitrogen and oxygen atoms in total. The summed E-state index contributed by atoms with van der Waals surface area (Å²) in [5.41, 5.74) is 1.32. The Hall–Kier alpha value is -3.01. The van der Waals surface area contributed by atoms with E-state index in [0.29, 0.717) is 44.0 Å². The molecular weight excluding hydrogens is 395 g/mol. The second kappa shape index (κ2) is 8.02. The third-order valence-electron chi connectivity index (χ3n) is 5.95. The largest absolute Gasteiger partial charge is 0.481 e. The molecule has 3 aliphatic heterocycles. The quantitative estimate of drug-likeness (QED) is 0.657. The van der Waals surface area contributed by atoms with Crippen LogP contribution in [0.1, 0.15) is 35.2 Å². The number of hydrogen-bond acceptors (Lipinski definition) is 6. The Labute approximate surface area is 172 Å². The number of rotatable bonds is 5. The topological polar surface area (TPSA) is 110 Å². The average molecular weight is 418 g/mol. The zero-order chi connectivity index (χ0) is 21.4. The number of carbonyl (C=O) groups excluding carboxylic acids is 3. The number of amides is 3. The van der Waals surface area contributed by atoms with Crippen molar-refractivity contribution in [1.82, 2.24) is 15.1 Å². The molecule has 0 bridgehead atoms. The van der Waals surface area contributed by atoms with E-state index in [4.69, 9.17) is 5.11 Å². The number of carboxylic acids is 1. The second-order valence-electron chi connectivity index (χ2n) is 7.83. The summed E-state index contributed by atoms with van der Waals surface area (Å²) < 4.78 is 14.8. The van der Waals surface area contributed by atoms with Crippen LogP contribution in [-0.2, 0) is 20.9 Å². The van der Waals surface area contributed by atoms with E-state index in [1.54, 1.807) is 6.07 Å². The lowest BCUT2D eigenvalue weighted by atomic mass is 10.0. The molecule has 10 heteroatoms. The maximum atomic E-state index is 14.8. The van der Waals surface area contributed by atoms with Gasteiger partial charge >= 0.3 is 5.97 Å². The number of carbonyl (C=O) groups is 4. The molecular formula is C20H23FN4O5. The molecule has 4 rings (SSSR count). The number of aliphatic carboxylic acids is 1. The van der Waals surface area contributed by atoms with Gasteiger partial charge in [0.15, 0.2) is 0 Å². The highest BCUT2D eigenvalue weighted by Crippen LogP contribution is 2.32. The zero-order valence-corrected chi connectivity index (χ0v) is 16.4. The Bertz CT molecular complexity index is 913. The standard InChI is InChI=1S/C20H23FN4O5/c21-14-10-13-12(11-25(20(13)30)15-1-2-17(26)22-19(15)29)9-16(14)24-7-5-23(6-8-24)4-3-18(27)28/h9-10,15H,1-8,11H2,(H,27,28)(H,22,26,29). The number of anilines is 1. The highest BCUT2D eigenvalue weighted by molar-refractivity contribution is 6.05. The van der Waals surface area contributed by atoms with Crippen LogP contribution in [0.15, 0.2) is 12.1 Å². The van der Waals surface area contributed by atoms with Crippen molar-refractivity contribution in [3.8, 4) is 0 Å². The van der Waals surface area contributed by atoms with Crippen molar-refractivity contribution in [2.75, 3.05) is 37.6 Å². The summed E-state index contributed by atoms with van der Waals surface area (Å²) >= 11 is 0. The lowest BCUT2D eigenvalue weighted by molar-refractivity contribution is -0.138. The van der Waals surface area contributed by atoms with Gasteiger partial charge in [-0.2, -0.15) is 0 Å². The van der Waals surface area contributed by atoms with Crippen LogP contribution in [0.4, 0.5) is 10.1 Å². The van der Waals surface area contributed by atoms with Crippen molar-refractivity contribution in [3.63, 3.8) is 0 Å². The van der Waals surface area contributed by atoms with Crippen LogP contribution in [0.3, 0.4) is 0 Å². The van der Waals surface area contributed by atoms with Crippen molar-refractivity contribution < 1.29 is 28.7 Å². The van der Waals surface area contributed by atoms with E-state index < -0.39 is 29.6 Å². The first-order valence-electron chi connectivity index (χ1n) is 9.99. The first-order valence-corrected chi connectivity index (χ1v) is 9.99. The molecule has 3 amide bonds. The van der Waals surface area contributed by atoms with Crippen molar-refractivity contribution in [2.24, 2.45) is 0 Å². The number of piperazine rings is 1. The van der Waals surface area contributed by atoms with Crippen LogP contribution in [0.5, 0.6) is 0 Å². The van der Waals surface area contributed by atoms with E-state index in [1.165, 1.54) is 11.0 Å². The van der Waals surface area contributed by atoms with E-state index in [1.807, 2.05) is 9.80 Å². The normalized spacial score (nSPS) is 22.3. The summed E-state index contributed by atoms with van der Waals surface area (Å²) in [5, 5.41) is 11.1. The van der Waals surface area contributed by atoms with Gasteiger partial charge in [0.25, 0.3) is 5.91 Å². The van der Waals surface area contributed by atoms with E-state index in [2.05, 4.69) is 5.32 Å². The Morgan fingerprint density at radius 2 is 1.90 bits per heavy atom. The predicted octanol–water partition coefficient (Wildman–Crippen LogP) is 0.183.